The van der Waals surface area contributed by atoms with E-state index in [0.29, 0.717) is 13.0 Å². The highest BCUT2D eigenvalue weighted by molar-refractivity contribution is 7.07. The lowest BCUT2D eigenvalue weighted by Crippen LogP contribution is -2.30. The van der Waals surface area contributed by atoms with Crippen molar-refractivity contribution in [3.05, 3.63) is 22.4 Å². The average molecular weight is 186 g/mol. The molecule has 0 amide bonds. The Hall–Kier alpha value is -0.420. The van der Waals surface area contributed by atoms with Crippen LogP contribution >= 0.6 is 11.3 Å². The highest BCUT2D eigenvalue weighted by Gasteiger charge is 2.15. The van der Waals surface area contributed by atoms with Crippen LogP contribution in [0, 0.1) is 0 Å². The molecule has 0 saturated heterocycles. The smallest absolute Gasteiger partial charge is 0.0949 e. The number of rotatable bonds is 4. The van der Waals surface area contributed by atoms with E-state index in [2.05, 4.69) is 0 Å². The minimum Gasteiger partial charge on any atom is -0.387 e. The van der Waals surface area contributed by atoms with Crippen molar-refractivity contribution in [2.75, 3.05) is 6.54 Å². The van der Waals surface area contributed by atoms with E-state index in [1.165, 1.54) is 0 Å². The third-order valence-electron chi connectivity index (χ3n) is 1.79. The van der Waals surface area contributed by atoms with Crippen LogP contribution in [-0.2, 0) is 0 Å². The molecule has 0 aliphatic carbocycles. The molecule has 1 aromatic rings. The SMILES string of the molecule is NCCC(N)C(O)c1ccsc1. The molecule has 4 heteroatoms. The highest BCUT2D eigenvalue weighted by atomic mass is 32.1. The molecule has 3 nitrogen and oxygen atoms in total. The molecule has 0 aliphatic heterocycles. The number of thiophene rings is 1. The standard InChI is InChI=1S/C8H14N2OS/c9-3-1-7(10)8(11)6-2-4-12-5-6/h2,4-5,7-8,11H,1,3,9-10H2. The van der Waals surface area contributed by atoms with E-state index in [1.807, 2.05) is 16.8 Å². The molecule has 0 fully saturated rings. The zero-order chi connectivity index (χ0) is 8.97. The van der Waals surface area contributed by atoms with Crippen LogP contribution in [0.25, 0.3) is 0 Å². The molecule has 2 atom stereocenters. The molecule has 0 spiro atoms. The third kappa shape index (κ3) is 2.28. The molecule has 68 valence electrons. The molecular weight excluding hydrogens is 172 g/mol. The second kappa shape index (κ2) is 4.57. The van der Waals surface area contributed by atoms with Crippen LogP contribution in [0.4, 0.5) is 0 Å². The fraction of sp³-hybridized carbons (Fsp3) is 0.500. The first kappa shape index (κ1) is 9.67. The first-order valence-corrected chi connectivity index (χ1v) is 4.85. The maximum Gasteiger partial charge on any atom is 0.0949 e. The van der Waals surface area contributed by atoms with E-state index in [4.69, 9.17) is 11.5 Å². The van der Waals surface area contributed by atoms with Crippen LogP contribution < -0.4 is 11.5 Å². The Morgan fingerprint density at radius 3 is 2.83 bits per heavy atom. The van der Waals surface area contributed by atoms with Gasteiger partial charge in [0.15, 0.2) is 0 Å². The van der Waals surface area contributed by atoms with Crippen molar-refractivity contribution in [1.29, 1.82) is 0 Å². The van der Waals surface area contributed by atoms with Crippen molar-refractivity contribution < 1.29 is 5.11 Å². The van der Waals surface area contributed by atoms with Crippen molar-refractivity contribution in [3.8, 4) is 0 Å². The summed E-state index contributed by atoms with van der Waals surface area (Å²) in [7, 11) is 0. The van der Waals surface area contributed by atoms with Crippen molar-refractivity contribution >= 4 is 11.3 Å². The lowest BCUT2D eigenvalue weighted by Gasteiger charge is -2.16. The first-order valence-electron chi connectivity index (χ1n) is 3.91. The van der Waals surface area contributed by atoms with E-state index < -0.39 is 6.10 Å². The summed E-state index contributed by atoms with van der Waals surface area (Å²) in [6.45, 7) is 0.516. The van der Waals surface area contributed by atoms with Gasteiger partial charge < -0.3 is 16.6 Å². The zero-order valence-electron chi connectivity index (χ0n) is 6.81. The van der Waals surface area contributed by atoms with Gasteiger partial charge in [-0.2, -0.15) is 11.3 Å². The molecule has 5 N–H and O–H groups in total. The Labute approximate surface area is 76.0 Å². The van der Waals surface area contributed by atoms with Gasteiger partial charge in [-0.3, -0.25) is 0 Å². The van der Waals surface area contributed by atoms with Crippen LogP contribution in [0.15, 0.2) is 16.8 Å². The van der Waals surface area contributed by atoms with Crippen LogP contribution in [0.3, 0.4) is 0 Å². The maximum absolute atomic E-state index is 9.64. The molecule has 0 radical (unpaired) electrons. The number of hydrogen-bond donors (Lipinski definition) is 3. The van der Waals surface area contributed by atoms with Crippen molar-refractivity contribution in [1.82, 2.24) is 0 Å². The Morgan fingerprint density at radius 2 is 2.33 bits per heavy atom. The predicted molar refractivity (Wildman–Crippen MR) is 50.9 cm³/mol. The van der Waals surface area contributed by atoms with Gasteiger partial charge in [0.1, 0.15) is 0 Å². The summed E-state index contributed by atoms with van der Waals surface area (Å²) >= 11 is 1.56. The maximum atomic E-state index is 9.64. The number of nitrogens with two attached hydrogens (primary N) is 2. The Balaban J connectivity index is 2.53. The second-order valence-corrected chi connectivity index (χ2v) is 3.52. The van der Waals surface area contributed by atoms with E-state index in [0.717, 1.165) is 5.56 Å². The molecule has 0 saturated carbocycles. The molecule has 2 unspecified atom stereocenters. The normalized spacial score (nSPS) is 15.9. The van der Waals surface area contributed by atoms with E-state index in [1.54, 1.807) is 11.3 Å². The van der Waals surface area contributed by atoms with E-state index >= 15 is 0 Å². The minimum atomic E-state index is -0.570. The lowest BCUT2D eigenvalue weighted by atomic mass is 10.0. The monoisotopic (exact) mass is 186 g/mol. The number of hydrogen-bond acceptors (Lipinski definition) is 4. The van der Waals surface area contributed by atoms with Gasteiger partial charge in [0.25, 0.3) is 0 Å². The average Bonchev–Trinajstić information content (AvgIpc) is 2.55. The van der Waals surface area contributed by atoms with Crippen molar-refractivity contribution in [2.45, 2.75) is 18.6 Å². The molecule has 1 rings (SSSR count). The zero-order valence-corrected chi connectivity index (χ0v) is 7.63. The van der Waals surface area contributed by atoms with Crippen LogP contribution in [0.5, 0.6) is 0 Å². The third-order valence-corrected chi connectivity index (χ3v) is 2.49. The van der Waals surface area contributed by atoms with Gasteiger partial charge in [-0.05, 0) is 35.4 Å². The van der Waals surface area contributed by atoms with Gasteiger partial charge in [0.05, 0.1) is 6.10 Å². The summed E-state index contributed by atoms with van der Waals surface area (Å²) < 4.78 is 0. The molecule has 1 aromatic heterocycles. The Bertz CT molecular complexity index is 213. The van der Waals surface area contributed by atoms with Crippen LogP contribution in [0.2, 0.25) is 0 Å². The topological polar surface area (TPSA) is 72.3 Å². The van der Waals surface area contributed by atoms with Gasteiger partial charge in [0.2, 0.25) is 0 Å². The molecular formula is C8H14N2OS. The number of aliphatic hydroxyl groups is 1. The van der Waals surface area contributed by atoms with Crippen LogP contribution in [-0.4, -0.2) is 17.7 Å². The van der Waals surface area contributed by atoms with Crippen molar-refractivity contribution in [2.24, 2.45) is 11.5 Å². The summed E-state index contributed by atoms with van der Waals surface area (Å²) in [6.07, 6.45) is 0.0802. The summed E-state index contributed by atoms with van der Waals surface area (Å²) in [6, 6.07) is 1.63. The van der Waals surface area contributed by atoms with Gasteiger partial charge >= 0.3 is 0 Å². The second-order valence-electron chi connectivity index (χ2n) is 2.74. The van der Waals surface area contributed by atoms with Gasteiger partial charge in [-0.25, -0.2) is 0 Å². The number of aliphatic hydroxyl groups excluding tert-OH is 1. The van der Waals surface area contributed by atoms with Gasteiger partial charge in [-0.1, -0.05) is 0 Å². The molecule has 1 heterocycles. The molecule has 0 bridgehead atoms. The predicted octanol–water partition coefficient (Wildman–Crippen LogP) is 0.458. The minimum absolute atomic E-state index is 0.246. The lowest BCUT2D eigenvalue weighted by molar-refractivity contribution is 0.143. The quantitative estimate of drug-likeness (QED) is 0.639. The first-order chi connectivity index (χ1) is 5.75. The fourth-order valence-electron chi connectivity index (χ4n) is 1.04. The summed E-state index contributed by atoms with van der Waals surface area (Å²) in [4.78, 5) is 0. The molecule has 12 heavy (non-hydrogen) atoms. The van der Waals surface area contributed by atoms with Crippen molar-refractivity contribution in [3.63, 3.8) is 0 Å². The Morgan fingerprint density at radius 1 is 1.58 bits per heavy atom. The Kier molecular flexibility index (Phi) is 3.68. The highest BCUT2D eigenvalue weighted by Crippen LogP contribution is 2.19. The molecule has 0 aliphatic rings. The fourth-order valence-corrected chi connectivity index (χ4v) is 1.73. The van der Waals surface area contributed by atoms with Gasteiger partial charge in [0, 0.05) is 6.04 Å². The molecule has 0 aromatic carbocycles. The summed E-state index contributed by atoms with van der Waals surface area (Å²) in [5, 5.41) is 13.5. The van der Waals surface area contributed by atoms with Crippen LogP contribution in [0.1, 0.15) is 18.1 Å². The van der Waals surface area contributed by atoms with E-state index in [9.17, 15) is 5.11 Å². The van der Waals surface area contributed by atoms with Gasteiger partial charge in [-0.15, -0.1) is 0 Å². The largest absolute Gasteiger partial charge is 0.387 e. The summed E-state index contributed by atoms with van der Waals surface area (Å²) in [5.41, 5.74) is 11.9. The van der Waals surface area contributed by atoms with E-state index in [-0.39, 0.29) is 6.04 Å². The summed E-state index contributed by atoms with van der Waals surface area (Å²) in [5.74, 6) is 0.